The molecule has 0 amide bonds. The second-order valence-corrected chi connectivity index (χ2v) is 6.85. The summed E-state index contributed by atoms with van der Waals surface area (Å²) in [5, 5.41) is 7.30. The lowest BCUT2D eigenvalue weighted by molar-refractivity contribution is 0.289. The van der Waals surface area contributed by atoms with E-state index < -0.39 is 0 Å². The zero-order valence-corrected chi connectivity index (χ0v) is 13.5. The van der Waals surface area contributed by atoms with Gasteiger partial charge in [0.05, 0.1) is 5.54 Å². The van der Waals surface area contributed by atoms with Crippen molar-refractivity contribution in [2.24, 2.45) is 5.92 Å². The zero-order chi connectivity index (χ0) is 13.7. The third kappa shape index (κ3) is 3.57. The van der Waals surface area contributed by atoms with Gasteiger partial charge in [-0.15, -0.1) is 11.3 Å². The Morgan fingerprint density at radius 3 is 2.84 bits per heavy atom. The molecule has 1 aromatic heterocycles. The maximum Gasteiger partial charge on any atom is 0.113 e. The summed E-state index contributed by atoms with van der Waals surface area (Å²) in [6.07, 6.45) is 9.36. The third-order valence-electron chi connectivity index (χ3n) is 4.44. The number of hydrogen-bond donors (Lipinski definition) is 1. The minimum Gasteiger partial charge on any atom is -0.306 e. The largest absolute Gasteiger partial charge is 0.306 e. The van der Waals surface area contributed by atoms with E-state index in [2.05, 4.69) is 31.5 Å². The van der Waals surface area contributed by atoms with E-state index in [9.17, 15) is 0 Å². The predicted molar refractivity (Wildman–Crippen MR) is 83.7 cm³/mol. The standard InChI is InChI=1S/C16H28N2S/c1-4-7-14-8-6-10-16(11-9-14,17-5-2)15-18-13(3)12-19-15/h12,14,17H,4-11H2,1-3H3. The fraction of sp³-hybridized carbons (Fsp3) is 0.812. The minimum atomic E-state index is 0.163. The first-order chi connectivity index (χ1) is 9.20. The molecule has 0 bridgehead atoms. The van der Waals surface area contributed by atoms with Gasteiger partial charge in [0.1, 0.15) is 5.01 Å². The average molecular weight is 280 g/mol. The molecule has 1 heterocycles. The predicted octanol–water partition coefficient (Wildman–Crippen LogP) is 4.64. The molecule has 1 saturated carbocycles. The number of nitrogens with one attached hydrogen (secondary N) is 1. The zero-order valence-electron chi connectivity index (χ0n) is 12.7. The van der Waals surface area contributed by atoms with E-state index in [0.29, 0.717) is 0 Å². The maximum atomic E-state index is 4.79. The van der Waals surface area contributed by atoms with Gasteiger partial charge in [0.25, 0.3) is 0 Å². The number of thiazole rings is 1. The van der Waals surface area contributed by atoms with Crippen LogP contribution in [0.15, 0.2) is 5.38 Å². The Kier molecular flexibility index (Phi) is 5.40. The Balaban J connectivity index is 2.15. The van der Waals surface area contributed by atoms with Gasteiger partial charge in [-0.05, 0) is 38.6 Å². The summed E-state index contributed by atoms with van der Waals surface area (Å²) in [5.74, 6) is 0.937. The van der Waals surface area contributed by atoms with Crippen molar-refractivity contribution in [1.82, 2.24) is 10.3 Å². The molecule has 19 heavy (non-hydrogen) atoms. The number of nitrogens with zero attached hydrogens (tertiary/aromatic N) is 1. The molecule has 1 N–H and O–H groups in total. The van der Waals surface area contributed by atoms with Crippen LogP contribution in [0.1, 0.15) is 69.5 Å². The normalized spacial score (nSPS) is 28.3. The van der Waals surface area contributed by atoms with E-state index in [-0.39, 0.29) is 5.54 Å². The van der Waals surface area contributed by atoms with Gasteiger partial charge in [0.15, 0.2) is 0 Å². The molecular formula is C16H28N2S. The van der Waals surface area contributed by atoms with Crippen LogP contribution in [0.4, 0.5) is 0 Å². The summed E-state index contributed by atoms with van der Waals surface area (Å²) in [6.45, 7) is 7.68. The molecule has 0 spiro atoms. The lowest BCUT2D eigenvalue weighted by atomic mass is 9.89. The number of aryl methyl sites for hydroxylation is 1. The number of aromatic nitrogens is 1. The Labute approximate surface area is 122 Å². The molecule has 3 heteroatoms. The van der Waals surface area contributed by atoms with Gasteiger partial charge in [-0.25, -0.2) is 4.98 Å². The Morgan fingerprint density at radius 2 is 2.21 bits per heavy atom. The fourth-order valence-corrected chi connectivity index (χ4v) is 4.52. The van der Waals surface area contributed by atoms with Crippen LogP contribution in [-0.2, 0) is 5.54 Å². The third-order valence-corrected chi connectivity index (χ3v) is 5.60. The topological polar surface area (TPSA) is 24.9 Å². The molecule has 2 nitrogen and oxygen atoms in total. The van der Waals surface area contributed by atoms with Crippen molar-refractivity contribution in [3.05, 3.63) is 16.1 Å². The SMILES string of the molecule is CCCC1CCCC(NCC)(c2nc(C)cs2)CC1. The summed E-state index contributed by atoms with van der Waals surface area (Å²) < 4.78 is 0. The molecule has 108 valence electrons. The lowest BCUT2D eigenvalue weighted by Crippen LogP contribution is -2.42. The highest BCUT2D eigenvalue weighted by Gasteiger charge is 2.36. The first-order valence-electron chi connectivity index (χ1n) is 7.88. The molecule has 0 radical (unpaired) electrons. The molecule has 2 rings (SSSR count). The highest BCUT2D eigenvalue weighted by molar-refractivity contribution is 7.09. The van der Waals surface area contributed by atoms with Crippen molar-refractivity contribution in [2.45, 2.75) is 71.3 Å². The quantitative estimate of drug-likeness (QED) is 0.795. The van der Waals surface area contributed by atoms with Crippen LogP contribution in [0.3, 0.4) is 0 Å². The number of rotatable bonds is 5. The van der Waals surface area contributed by atoms with Crippen molar-refractivity contribution in [3.63, 3.8) is 0 Å². The smallest absolute Gasteiger partial charge is 0.113 e. The fourth-order valence-electron chi connectivity index (χ4n) is 3.49. The van der Waals surface area contributed by atoms with Gasteiger partial charge in [-0.1, -0.05) is 39.5 Å². The van der Waals surface area contributed by atoms with Crippen molar-refractivity contribution in [2.75, 3.05) is 6.54 Å². The molecule has 0 saturated heterocycles. The monoisotopic (exact) mass is 280 g/mol. The summed E-state index contributed by atoms with van der Waals surface area (Å²) in [6, 6.07) is 0. The van der Waals surface area contributed by atoms with Crippen LogP contribution in [0.25, 0.3) is 0 Å². The molecule has 0 aromatic carbocycles. The molecular weight excluding hydrogens is 252 g/mol. The van der Waals surface area contributed by atoms with Crippen molar-refractivity contribution in [3.8, 4) is 0 Å². The summed E-state index contributed by atoms with van der Waals surface area (Å²) in [4.78, 5) is 4.79. The Hall–Kier alpha value is -0.410. The molecule has 2 atom stereocenters. The van der Waals surface area contributed by atoms with Gasteiger partial charge >= 0.3 is 0 Å². The van der Waals surface area contributed by atoms with Gasteiger partial charge in [-0.3, -0.25) is 0 Å². The van der Waals surface area contributed by atoms with E-state index in [1.807, 2.05) is 11.3 Å². The maximum absolute atomic E-state index is 4.79. The molecule has 2 unspecified atom stereocenters. The summed E-state index contributed by atoms with van der Waals surface area (Å²) in [5.41, 5.74) is 1.34. The van der Waals surface area contributed by atoms with Crippen molar-refractivity contribution < 1.29 is 0 Å². The van der Waals surface area contributed by atoms with E-state index in [4.69, 9.17) is 4.98 Å². The molecule has 1 fully saturated rings. The highest BCUT2D eigenvalue weighted by Crippen LogP contribution is 2.40. The van der Waals surface area contributed by atoms with E-state index in [1.165, 1.54) is 55.6 Å². The van der Waals surface area contributed by atoms with E-state index >= 15 is 0 Å². The highest BCUT2D eigenvalue weighted by atomic mass is 32.1. The van der Waals surface area contributed by atoms with Crippen LogP contribution in [-0.4, -0.2) is 11.5 Å². The first-order valence-corrected chi connectivity index (χ1v) is 8.75. The average Bonchev–Trinajstić information content (AvgIpc) is 2.72. The Bertz CT molecular complexity index is 388. The van der Waals surface area contributed by atoms with Gasteiger partial charge in [0.2, 0.25) is 0 Å². The number of hydrogen-bond acceptors (Lipinski definition) is 3. The van der Waals surface area contributed by atoms with Gasteiger partial charge in [-0.2, -0.15) is 0 Å². The first kappa shape index (κ1) is 15.0. The van der Waals surface area contributed by atoms with Crippen LogP contribution in [0, 0.1) is 12.8 Å². The van der Waals surface area contributed by atoms with Gasteiger partial charge in [0, 0.05) is 11.1 Å². The van der Waals surface area contributed by atoms with Crippen LogP contribution in [0.2, 0.25) is 0 Å². The second kappa shape index (κ2) is 6.85. The minimum absolute atomic E-state index is 0.163. The summed E-state index contributed by atoms with van der Waals surface area (Å²) >= 11 is 1.85. The van der Waals surface area contributed by atoms with Crippen LogP contribution >= 0.6 is 11.3 Å². The Morgan fingerprint density at radius 1 is 1.37 bits per heavy atom. The summed E-state index contributed by atoms with van der Waals surface area (Å²) in [7, 11) is 0. The molecule has 1 aromatic rings. The molecule has 1 aliphatic carbocycles. The van der Waals surface area contributed by atoms with Crippen LogP contribution in [0.5, 0.6) is 0 Å². The van der Waals surface area contributed by atoms with Gasteiger partial charge < -0.3 is 5.32 Å². The molecule has 0 aliphatic heterocycles. The molecule has 1 aliphatic rings. The van der Waals surface area contributed by atoms with Crippen molar-refractivity contribution in [1.29, 1.82) is 0 Å². The second-order valence-electron chi connectivity index (χ2n) is 5.99. The van der Waals surface area contributed by atoms with Crippen LogP contribution < -0.4 is 5.32 Å². The lowest BCUT2D eigenvalue weighted by Gasteiger charge is -2.32. The van der Waals surface area contributed by atoms with E-state index in [0.717, 1.165) is 12.5 Å². The van der Waals surface area contributed by atoms with Crippen molar-refractivity contribution >= 4 is 11.3 Å². The van der Waals surface area contributed by atoms with E-state index in [1.54, 1.807) is 0 Å².